The third-order valence-corrected chi connectivity index (χ3v) is 34.7. The molecule has 6 aliphatic heterocycles. The first-order chi connectivity index (χ1) is 63.9. The van der Waals surface area contributed by atoms with Gasteiger partial charge in [-0.25, -0.2) is 54.8 Å². The topological polar surface area (TPSA) is 504 Å². The number of phenols is 13. The maximum Gasteiger partial charge on any atom is 0.270 e. The van der Waals surface area contributed by atoms with E-state index in [1.165, 1.54) is 132 Å². The molecule has 0 saturated heterocycles. The Morgan fingerprint density at radius 2 is 0.654 bits per heavy atom. The second-order valence-corrected chi connectivity index (χ2v) is 45.2. The highest BCUT2D eigenvalue weighted by molar-refractivity contribution is 7.90. The highest BCUT2D eigenvalue weighted by atomic mass is 35.5. The molecule has 1 amide bonds. The van der Waals surface area contributed by atoms with Crippen molar-refractivity contribution in [3.05, 3.63) is 347 Å². The SMILES string of the molecule is Cc1cc(O)c(Cl)c(S(=O)(=O)N2Cc3ccc(O)cc3C2)c1.Cc1cc(O)cc(S(=O)(=O)N2Cc3ccc(O)cc3C2)c1.Cc1cc(O)cc(S(=O)(=O)N2Cc3ccc(O)cc3C2c2ccccc2)c1.Cc1ccc(S(=O)(=O)N2Cc3cc(O)cc(O)c3C2)c(C)c1.Cc1ccc(S(=O)(=O)N2Cc3cc(O)cc(O)c3C2)c(O)c1.Cc1ccc(S(=O)(=O)N2Cc3ccc(O)cc3C2=O)c(O)c1. The van der Waals surface area contributed by atoms with Gasteiger partial charge in [0, 0.05) is 87.7 Å². The molecule has 0 spiro atoms. The Morgan fingerprint density at radius 3 is 1.15 bits per heavy atom. The highest BCUT2D eigenvalue weighted by Crippen LogP contribution is 2.47. The first-order valence-electron chi connectivity index (χ1n) is 41.6. The summed E-state index contributed by atoms with van der Waals surface area (Å²) in [6.07, 6.45) is 0. The molecule has 6 aliphatic rings. The van der Waals surface area contributed by atoms with Gasteiger partial charge in [-0.15, -0.1) is 0 Å². The van der Waals surface area contributed by atoms with E-state index in [0.717, 1.165) is 54.4 Å². The number of rotatable bonds is 13. The van der Waals surface area contributed by atoms with E-state index in [0.29, 0.717) is 59.9 Å². The lowest BCUT2D eigenvalue weighted by atomic mass is 9.98. The zero-order valence-corrected chi connectivity index (χ0v) is 79.4. The van der Waals surface area contributed by atoms with Gasteiger partial charge in [0.05, 0.1) is 27.3 Å². The van der Waals surface area contributed by atoms with Crippen LogP contribution in [0.15, 0.2) is 260 Å². The van der Waals surface area contributed by atoms with E-state index in [1.807, 2.05) is 43.3 Å². The second-order valence-electron chi connectivity index (χ2n) is 33.4. The van der Waals surface area contributed by atoms with Gasteiger partial charge >= 0.3 is 0 Å². The molecule has 19 rings (SSSR count). The van der Waals surface area contributed by atoms with E-state index >= 15 is 0 Å². The average Bonchev–Trinajstić information content (AvgIpc) is 1.59. The Balaban J connectivity index is 0.000000131. The zero-order valence-electron chi connectivity index (χ0n) is 73.7. The lowest BCUT2D eigenvalue weighted by Gasteiger charge is -2.25. The number of aromatic hydroxyl groups is 13. The minimum atomic E-state index is -4.16. The Kier molecular flexibility index (Phi) is 27.8. The largest absolute Gasteiger partial charge is 0.508 e. The molecule has 0 saturated carbocycles. The Bertz CT molecular complexity index is 7540. The van der Waals surface area contributed by atoms with Crippen molar-refractivity contribution in [3.63, 3.8) is 0 Å². The van der Waals surface area contributed by atoms with E-state index in [4.69, 9.17) is 11.6 Å². The fraction of sp³-hybridized carbons (Fsp3) is 0.186. The van der Waals surface area contributed by atoms with Gasteiger partial charge in [0.1, 0.15) is 94.5 Å². The van der Waals surface area contributed by atoms with Crippen molar-refractivity contribution in [3.8, 4) is 74.7 Å². The van der Waals surface area contributed by atoms with Crippen LogP contribution >= 0.6 is 11.6 Å². The molecule has 136 heavy (non-hydrogen) atoms. The molecule has 0 aromatic heterocycles. The molecule has 0 aliphatic carbocycles. The van der Waals surface area contributed by atoms with Crippen molar-refractivity contribution < 1.29 is 122 Å². The van der Waals surface area contributed by atoms with E-state index in [1.54, 1.807) is 120 Å². The van der Waals surface area contributed by atoms with Crippen molar-refractivity contribution in [1.29, 1.82) is 0 Å². The molecule has 0 bridgehead atoms. The molecule has 13 aromatic rings. The van der Waals surface area contributed by atoms with Crippen LogP contribution in [0.3, 0.4) is 0 Å². The van der Waals surface area contributed by atoms with Crippen LogP contribution in [-0.2, 0) is 126 Å². The summed E-state index contributed by atoms with van der Waals surface area (Å²) < 4.78 is 161. The number of carbonyl (C=O) groups excluding carboxylic acids is 1. The van der Waals surface area contributed by atoms with Gasteiger partial charge in [-0.2, -0.15) is 21.5 Å². The highest BCUT2D eigenvalue weighted by Gasteiger charge is 2.44. The molecule has 710 valence electrons. The number of benzene rings is 13. The summed E-state index contributed by atoms with van der Waals surface area (Å²) in [5.41, 5.74) is 13.7. The first kappa shape index (κ1) is 98.5. The molecule has 13 N–H and O–H groups in total. The molecule has 13 aromatic carbocycles. The minimum Gasteiger partial charge on any atom is -0.508 e. The molecule has 1 unspecified atom stereocenters. The number of phenolic OH excluding ortho intramolecular Hbond substituents is 13. The van der Waals surface area contributed by atoms with E-state index in [-0.39, 0.29) is 174 Å². The van der Waals surface area contributed by atoms with Gasteiger partial charge in [-0.05, 0) is 277 Å². The number of amides is 1. The second kappa shape index (κ2) is 38.4. The number of aryl methyl sites for hydroxylation is 7. The molecular weight excluding hydrogens is 1890 g/mol. The number of hydrogen-bond donors (Lipinski definition) is 13. The lowest BCUT2D eigenvalue weighted by molar-refractivity contribution is 0.0878. The predicted molar refractivity (Wildman–Crippen MR) is 501 cm³/mol. The Morgan fingerprint density at radius 1 is 0.272 bits per heavy atom. The molecule has 0 radical (unpaired) electrons. The number of fused-ring (bicyclic) bond motifs is 6. The number of halogens is 1. The fourth-order valence-electron chi connectivity index (χ4n) is 16.6. The van der Waals surface area contributed by atoms with Gasteiger partial charge in [0.2, 0.25) is 50.1 Å². The fourth-order valence-corrected chi connectivity index (χ4v) is 26.2. The summed E-state index contributed by atoms with van der Waals surface area (Å²) in [5, 5.41) is 126. The predicted octanol–water partition coefficient (Wildman–Crippen LogP) is 14.6. The Labute approximate surface area is 790 Å². The van der Waals surface area contributed by atoms with E-state index < -0.39 is 77.8 Å². The van der Waals surface area contributed by atoms with Crippen LogP contribution in [0, 0.1) is 48.5 Å². The molecular formula is C97H93ClN6O26S6. The molecule has 1 atom stereocenters. The summed E-state index contributed by atoms with van der Waals surface area (Å²) in [7, 11) is -23.1. The number of carbonyl (C=O) groups is 1. The van der Waals surface area contributed by atoms with Gasteiger partial charge in [0.25, 0.3) is 15.9 Å². The van der Waals surface area contributed by atoms with Gasteiger partial charge < -0.3 is 66.4 Å². The minimum absolute atomic E-state index is 0.00288. The van der Waals surface area contributed by atoms with Crippen LogP contribution in [0.2, 0.25) is 5.02 Å². The van der Waals surface area contributed by atoms with E-state index in [2.05, 4.69) is 0 Å². The van der Waals surface area contributed by atoms with Crippen molar-refractivity contribution >= 4 is 77.6 Å². The third kappa shape index (κ3) is 20.5. The molecule has 39 heteroatoms. The lowest BCUT2D eigenvalue weighted by Crippen LogP contribution is -2.31. The standard InChI is InChI=1S/C21H19NO4S.C16H17NO4S.C15H14ClNO4S.C15H13NO5S.C15H15NO5S.C15H15NO4S/c1-14-9-18(24)11-19(10-14)27(25,26)22-13-16-7-8-17(23)12-20(16)21(22)15-5-3-2-4-6-15;1-10-3-4-16(11(2)5-10)22(20,21)17-8-12-6-13(18)7-15(19)14(12)9-17;1-9-4-13(19)15(16)14(5-9)22(20,21)17-7-10-2-3-12(18)6-11(10)8-17;1-9-2-5-14(13(18)6-9)22(20,21)16-8-10-3-4-11(17)7-12(10)15(16)19;1-9-2-3-15(14(19)4-9)22(20,21)16-7-10-5-11(17)6-13(18)12(10)8-16;1-10-4-14(18)7-15(5-10)21(19,20)16-8-11-2-3-13(17)6-12(11)9-16/h2-12,21,23-24H,13H2,1H3;3-7,18-19H,8-9H2,1-2H3;2-6,18-19H,7-8H2,1H3;2-7,17-18H,8H2,1H3;2-6,17-19H,7-8H2,1H3;2-7,17-18H,8-9H2,1H3. The van der Waals surface area contributed by atoms with Crippen molar-refractivity contribution in [2.75, 3.05) is 0 Å². The van der Waals surface area contributed by atoms with Gasteiger partial charge in [-0.1, -0.05) is 96.0 Å². The van der Waals surface area contributed by atoms with E-state index in [9.17, 15) is 122 Å². The summed E-state index contributed by atoms with van der Waals surface area (Å²) >= 11 is 5.97. The summed E-state index contributed by atoms with van der Waals surface area (Å²) in [5.74, 6) is -2.00. The van der Waals surface area contributed by atoms with Crippen molar-refractivity contribution in [1.82, 2.24) is 25.8 Å². The van der Waals surface area contributed by atoms with Crippen molar-refractivity contribution in [2.24, 2.45) is 0 Å². The molecule has 0 fully saturated rings. The number of hydrogen-bond acceptors (Lipinski definition) is 26. The number of nitrogens with zero attached hydrogens (tertiary/aromatic N) is 6. The van der Waals surface area contributed by atoms with Crippen LogP contribution in [0.25, 0.3) is 0 Å². The zero-order chi connectivity index (χ0) is 98.7. The normalized spacial score (nSPS) is 15.3. The maximum atomic E-state index is 13.4. The Hall–Kier alpha value is -13.5. The van der Waals surface area contributed by atoms with Crippen molar-refractivity contribution in [2.45, 2.75) is 149 Å². The summed E-state index contributed by atoms with van der Waals surface area (Å²) in [4.78, 5) is 12.1. The quantitative estimate of drug-likeness (QED) is 0.0510. The van der Waals surface area contributed by atoms with Crippen LogP contribution in [0.5, 0.6) is 74.7 Å². The maximum absolute atomic E-state index is 13.4. The molecule has 32 nitrogen and oxygen atoms in total. The van der Waals surface area contributed by atoms with Gasteiger partial charge in [-0.3, -0.25) is 4.79 Å². The smallest absolute Gasteiger partial charge is 0.270 e. The van der Waals surface area contributed by atoms with Crippen LogP contribution in [0.4, 0.5) is 0 Å². The molecule has 6 heterocycles. The third-order valence-electron chi connectivity index (χ3n) is 23.2. The van der Waals surface area contributed by atoms with Gasteiger partial charge in [0.15, 0.2) is 0 Å². The average molecular weight is 1990 g/mol. The van der Waals surface area contributed by atoms with Crippen LogP contribution in [0.1, 0.15) is 122 Å². The van der Waals surface area contributed by atoms with Crippen LogP contribution in [-0.4, -0.2) is 149 Å². The van der Waals surface area contributed by atoms with Crippen LogP contribution < -0.4 is 0 Å². The monoisotopic (exact) mass is 1980 g/mol. The first-order valence-corrected chi connectivity index (χ1v) is 50.7. The summed E-state index contributed by atoms with van der Waals surface area (Å²) in [6.45, 7) is 13.5. The summed E-state index contributed by atoms with van der Waals surface area (Å²) in [6, 6.07) is 58.1. The number of sulfonamides is 6.